The molecule has 1 aliphatic heterocycles. The van der Waals surface area contributed by atoms with Crippen molar-refractivity contribution in [2.75, 3.05) is 30.4 Å². The Labute approximate surface area is 164 Å². The fraction of sp³-hybridized carbons (Fsp3) is 0.316. The third-order valence-corrected chi connectivity index (χ3v) is 6.26. The topological polar surface area (TPSA) is 78.5 Å². The van der Waals surface area contributed by atoms with Crippen LogP contribution < -0.4 is 14.9 Å². The average Bonchev–Trinajstić information content (AvgIpc) is 2.69. The molecular weight excluding hydrogens is 386 g/mol. The molecule has 0 saturated carbocycles. The van der Waals surface area contributed by atoms with E-state index in [-0.39, 0.29) is 10.8 Å². The lowest BCUT2D eigenvalue weighted by Gasteiger charge is -2.30. The normalized spacial score (nSPS) is 14.8. The molecule has 0 unspecified atom stereocenters. The molecule has 144 valence electrons. The maximum atomic E-state index is 12.7. The molecule has 0 atom stereocenters. The molecule has 1 heterocycles. The van der Waals surface area contributed by atoms with Crippen LogP contribution in [0, 0.1) is 0 Å². The second-order valence-corrected chi connectivity index (χ2v) is 8.72. The van der Waals surface area contributed by atoms with E-state index in [1.807, 2.05) is 12.1 Å². The highest BCUT2D eigenvalue weighted by Gasteiger charge is 2.18. The Bertz CT molecular complexity index is 924. The third kappa shape index (κ3) is 4.61. The van der Waals surface area contributed by atoms with Crippen molar-refractivity contribution in [2.45, 2.75) is 24.2 Å². The van der Waals surface area contributed by atoms with Crippen LogP contribution in [0.15, 0.2) is 47.4 Å². The molecule has 27 heavy (non-hydrogen) atoms. The Morgan fingerprint density at radius 3 is 2.33 bits per heavy atom. The highest BCUT2D eigenvalue weighted by Crippen LogP contribution is 2.31. The van der Waals surface area contributed by atoms with Crippen molar-refractivity contribution in [3.8, 4) is 0 Å². The van der Waals surface area contributed by atoms with E-state index >= 15 is 0 Å². The molecule has 0 aliphatic carbocycles. The van der Waals surface area contributed by atoms with E-state index in [4.69, 9.17) is 11.6 Å². The molecule has 8 heteroatoms. The largest absolute Gasteiger partial charge is 0.370 e. The van der Waals surface area contributed by atoms with Gasteiger partial charge in [0, 0.05) is 23.7 Å². The number of rotatable bonds is 5. The predicted octanol–water partition coefficient (Wildman–Crippen LogP) is 3.49. The number of piperidine rings is 1. The Kier molecular flexibility index (Phi) is 6.04. The smallest absolute Gasteiger partial charge is 0.255 e. The Morgan fingerprint density at radius 1 is 1.04 bits per heavy atom. The van der Waals surface area contributed by atoms with Crippen molar-refractivity contribution in [3.05, 3.63) is 53.1 Å². The van der Waals surface area contributed by atoms with E-state index in [9.17, 15) is 13.2 Å². The number of hydrogen-bond donors (Lipinski definition) is 2. The molecule has 2 N–H and O–H groups in total. The zero-order valence-electron chi connectivity index (χ0n) is 15.0. The van der Waals surface area contributed by atoms with Gasteiger partial charge in [0.05, 0.1) is 16.3 Å². The Hall–Kier alpha value is -2.09. The number of hydrogen-bond acceptors (Lipinski definition) is 4. The molecule has 6 nitrogen and oxygen atoms in total. The summed E-state index contributed by atoms with van der Waals surface area (Å²) in [6, 6.07) is 11.3. The minimum atomic E-state index is -3.53. The van der Waals surface area contributed by atoms with E-state index in [2.05, 4.69) is 14.9 Å². The number of benzene rings is 2. The number of sulfonamides is 1. The summed E-state index contributed by atoms with van der Waals surface area (Å²) in [4.78, 5) is 15.0. The van der Waals surface area contributed by atoms with E-state index in [1.54, 1.807) is 6.07 Å². The van der Waals surface area contributed by atoms with Crippen molar-refractivity contribution in [1.82, 2.24) is 4.72 Å². The molecule has 1 aliphatic rings. The molecule has 1 amide bonds. The van der Waals surface area contributed by atoms with Crippen molar-refractivity contribution in [3.63, 3.8) is 0 Å². The fourth-order valence-corrected chi connectivity index (χ4v) is 4.02. The molecule has 0 aromatic heterocycles. The quantitative estimate of drug-likeness (QED) is 0.795. The highest BCUT2D eigenvalue weighted by molar-refractivity contribution is 7.89. The molecule has 2 aromatic carbocycles. The van der Waals surface area contributed by atoms with Crippen LogP contribution in [0.2, 0.25) is 5.02 Å². The lowest BCUT2D eigenvalue weighted by molar-refractivity contribution is 0.102. The molecule has 2 aromatic rings. The lowest BCUT2D eigenvalue weighted by Crippen LogP contribution is -2.30. The van der Waals surface area contributed by atoms with Gasteiger partial charge < -0.3 is 10.2 Å². The first-order valence-corrected chi connectivity index (χ1v) is 10.7. The monoisotopic (exact) mass is 407 g/mol. The summed E-state index contributed by atoms with van der Waals surface area (Å²) in [6.07, 6.45) is 3.46. The predicted molar refractivity (Wildman–Crippen MR) is 108 cm³/mol. The van der Waals surface area contributed by atoms with Crippen LogP contribution in [0.4, 0.5) is 11.4 Å². The maximum Gasteiger partial charge on any atom is 0.255 e. The van der Waals surface area contributed by atoms with Crippen LogP contribution in [-0.4, -0.2) is 34.5 Å². The van der Waals surface area contributed by atoms with Crippen molar-refractivity contribution in [2.24, 2.45) is 0 Å². The SMILES string of the molecule is CNS(=O)(=O)c1ccc(C(=O)Nc2cc(Cl)ccc2N2CCCCC2)cc1. The second-order valence-electron chi connectivity index (χ2n) is 6.40. The first-order valence-electron chi connectivity index (χ1n) is 8.80. The number of amides is 1. The first-order chi connectivity index (χ1) is 12.9. The molecule has 0 radical (unpaired) electrons. The second kappa shape index (κ2) is 8.29. The summed E-state index contributed by atoms with van der Waals surface area (Å²) in [6.45, 7) is 1.89. The average molecular weight is 408 g/mol. The molecule has 1 saturated heterocycles. The van der Waals surface area contributed by atoms with Gasteiger partial charge in [-0.3, -0.25) is 4.79 Å². The number of halogens is 1. The van der Waals surface area contributed by atoms with Gasteiger partial charge in [-0.2, -0.15) is 0 Å². The van der Waals surface area contributed by atoms with Gasteiger partial charge in [-0.05, 0) is 68.8 Å². The van der Waals surface area contributed by atoms with Gasteiger partial charge in [-0.1, -0.05) is 11.6 Å². The van der Waals surface area contributed by atoms with Crippen LogP contribution in [0.3, 0.4) is 0 Å². The fourth-order valence-electron chi connectivity index (χ4n) is 3.12. The van der Waals surface area contributed by atoms with E-state index in [0.717, 1.165) is 31.6 Å². The third-order valence-electron chi connectivity index (χ3n) is 4.60. The standard InChI is InChI=1S/C19H22ClN3O3S/c1-21-27(25,26)16-8-5-14(6-9-16)19(24)22-17-13-15(20)7-10-18(17)23-11-3-2-4-12-23/h5-10,13,21H,2-4,11-12H2,1H3,(H,22,24). The van der Waals surface area contributed by atoms with Crippen LogP contribution in [0.1, 0.15) is 29.6 Å². The Balaban J connectivity index is 1.82. The Morgan fingerprint density at radius 2 is 1.70 bits per heavy atom. The van der Waals surface area contributed by atoms with Gasteiger partial charge in [-0.25, -0.2) is 13.1 Å². The number of anilines is 2. The maximum absolute atomic E-state index is 12.7. The molecule has 1 fully saturated rings. The van der Waals surface area contributed by atoms with Gasteiger partial charge in [0.25, 0.3) is 5.91 Å². The van der Waals surface area contributed by atoms with E-state index in [0.29, 0.717) is 16.3 Å². The van der Waals surface area contributed by atoms with Gasteiger partial charge in [0.1, 0.15) is 0 Å². The molecular formula is C19H22ClN3O3S. The van der Waals surface area contributed by atoms with Gasteiger partial charge in [-0.15, -0.1) is 0 Å². The summed E-state index contributed by atoms with van der Waals surface area (Å²) in [5.74, 6) is -0.316. The molecule has 0 spiro atoms. The zero-order chi connectivity index (χ0) is 19.4. The first kappa shape index (κ1) is 19.7. The zero-order valence-corrected chi connectivity index (χ0v) is 16.6. The van der Waals surface area contributed by atoms with Gasteiger partial charge >= 0.3 is 0 Å². The molecule has 0 bridgehead atoms. The van der Waals surface area contributed by atoms with Gasteiger partial charge in [0.15, 0.2) is 0 Å². The summed E-state index contributed by atoms with van der Waals surface area (Å²) >= 11 is 6.13. The minimum Gasteiger partial charge on any atom is -0.370 e. The summed E-state index contributed by atoms with van der Waals surface area (Å²) in [5, 5.41) is 3.45. The number of nitrogens with one attached hydrogen (secondary N) is 2. The van der Waals surface area contributed by atoms with E-state index < -0.39 is 10.0 Å². The van der Waals surface area contributed by atoms with Crippen LogP contribution in [-0.2, 0) is 10.0 Å². The molecule has 3 rings (SSSR count). The highest BCUT2D eigenvalue weighted by atomic mass is 35.5. The summed E-state index contributed by atoms with van der Waals surface area (Å²) in [5.41, 5.74) is 1.97. The number of carbonyl (C=O) groups excluding carboxylic acids is 1. The number of carbonyl (C=O) groups is 1. The van der Waals surface area contributed by atoms with Crippen molar-refractivity contribution < 1.29 is 13.2 Å². The minimum absolute atomic E-state index is 0.110. The number of nitrogens with zero attached hydrogens (tertiary/aromatic N) is 1. The summed E-state index contributed by atoms with van der Waals surface area (Å²) in [7, 11) is -2.19. The van der Waals surface area contributed by atoms with Crippen LogP contribution in [0.5, 0.6) is 0 Å². The van der Waals surface area contributed by atoms with E-state index in [1.165, 1.54) is 37.7 Å². The van der Waals surface area contributed by atoms with Crippen LogP contribution >= 0.6 is 11.6 Å². The van der Waals surface area contributed by atoms with Crippen molar-refractivity contribution >= 4 is 38.9 Å². The summed E-state index contributed by atoms with van der Waals surface area (Å²) < 4.78 is 25.8. The van der Waals surface area contributed by atoms with Gasteiger partial charge in [0.2, 0.25) is 10.0 Å². The van der Waals surface area contributed by atoms with Crippen LogP contribution in [0.25, 0.3) is 0 Å². The van der Waals surface area contributed by atoms with Crippen molar-refractivity contribution in [1.29, 1.82) is 0 Å². The lowest BCUT2D eigenvalue weighted by atomic mass is 10.1.